The fourth-order valence-corrected chi connectivity index (χ4v) is 11.8. The Bertz CT molecular complexity index is 1400. The van der Waals surface area contributed by atoms with E-state index in [2.05, 4.69) is 55.6 Å². The van der Waals surface area contributed by atoms with Crippen LogP contribution in [-0.2, 0) is 14.3 Å². The molecule has 3 N–H and O–H groups in total. The van der Waals surface area contributed by atoms with Gasteiger partial charge in [0.1, 0.15) is 0 Å². The highest BCUT2D eigenvalue weighted by Gasteiger charge is 2.18. The Kier molecular flexibility index (Phi) is 71.4. The van der Waals surface area contributed by atoms with E-state index in [0.717, 1.165) is 51.4 Å². The summed E-state index contributed by atoms with van der Waals surface area (Å²) in [6.45, 7) is 4.91. The molecular weight excluding hydrogens is 1030 g/mol. The lowest BCUT2D eigenvalue weighted by atomic mass is 10.0. The lowest BCUT2D eigenvalue weighted by molar-refractivity contribution is -0.143. The SMILES string of the molecule is CCCCC/C=C\C/C=C\CCCCCCCCCC(=O)OCCCCCCCCCCCCCC/C=C\CCCCCCCCCCCCCCCC(=O)NC(CO)C(O)/C=C/CCCCCCCCCCCCCCCCCCCCC. The van der Waals surface area contributed by atoms with Gasteiger partial charge in [-0.3, -0.25) is 9.59 Å². The van der Waals surface area contributed by atoms with Gasteiger partial charge < -0.3 is 20.3 Å². The van der Waals surface area contributed by atoms with Crippen LogP contribution in [0.2, 0.25) is 0 Å². The van der Waals surface area contributed by atoms with E-state index in [9.17, 15) is 19.8 Å². The molecule has 0 aliphatic carbocycles. The second-order valence-electron chi connectivity index (χ2n) is 26.0. The Balaban J connectivity index is 3.40. The van der Waals surface area contributed by atoms with Gasteiger partial charge >= 0.3 is 5.97 Å². The van der Waals surface area contributed by atoms with Crippen molar-refractivity contribution in [3.05, 3.63) is 48.6 Å². The summed E-state index contributed by atoms with van der Waals surface area (Å²) in [7, 11) is 0. The molecule has 0 aromatic carbocycles. The molecule has 0 fully saturated rings. The quantitative estimate of drug-likeness (QED) is 0.0320. The lowest BCUT2D eigenvalue weighted by Crippen LogP contribution is -2.45. The fourth-order valence-electron chi connectivity index (χ4n) is 11.8. The Morgan fingerprint density at radius 3 is 0.940 bits per heavy atom. The molecule has 0 radical (unpaired) electrons. The van der Waals surface area contributed by atoms with Crippen molar-refractivity contribution in [3.63, 3.8) is 0 Å². The van der Waals surface area contributed by atoms with Crippen molar-refractivity contribution < 1.29 is 24.5 Å². The van der Waals surface area contributed by atoms with Crippen LogP contribution in [0.3, 0.4) is 0 Å². The number of carbonyl (C=O) groups excluding carboxylic acids is 2. The van der Waals surface area contributed by atoms with Gasteiger partial charge in [-0.25, -0.2) is 0 Å². The van der Waals surface area contributed by atoms with E-state index in [4.69, 9.17) is 4.74 Å². The van der Waals surface area contributed by atoms with Gasteiger partial charge in [0.2, 0.25) is 5.91 Å². The number of amides is 1. The molecule has 0 saturated heterocycles. The highest BCUT2D eigenvalue weighted by atomic mass is 16.5. The van der Waals surface area contributed by atoms with E-state index in [1.54, 1.807) is 6.08 Å². The first-order chi connectivity index (χ1) is 41.5. The number of carbonyl (C=O) groups is 2. The zero-order valence-electron chi connectivity index (χ0n) is 56.6. The van der Waals surface area contributed by atoms with Crippen molar-refractivity contribution >= 4 is 11.9 Å². The van der Waals surface area contributed by atoms with Crippen molar-refractivity contribution in [2.45, 2.75) is 424 Å². The normalized spacial score (nSPS) is 12.8. The van der Waals surface area contributed by atoms with E-state index < -0.39 is 12.1 Å². The number of nitrogens with one attached hydrogen (secondary N) is 1. The molecular formula is C78H147NO5. The number of esters is 1. The van der Waals surface area contributed by atoms with Gasteiger partial charge in [-0.05, 0) is 89.9 Å². The smallest absolute Gasteiger partial charge is 0.305 e. The maximum Gasteiger partial charge on any atom is 0.305 e. The van der Waals surface area contributed by atoms with Gasteiger partial charge in [0.15, 0.2) is 0 Å². The van der Waals surface area contributed by atoms with Crippen LogP contribution in [-0.4, -0.2) is 47.4 Å². The number of unbranched alkanes of at least 4 members (excludes halogenated alkanes) is 54. The molecule has 6 nitrogen and oxygen atoms in total. The second-order valence-corrected chi connectivity index (χ2v) is 26.0. The summed E-state index contributed by atoms with van der Waals surface area (Å²) in [5.41, 5.74) is 0. The van der Waals surface area contributed by atoms with Crippen LogP contribution >= 0.6 is 0 Å². The van der Waals surface area contributed by atoms with E-state index in [0.29, 0.717) is 19.4 Å². The minimum Gasteiger partial charge on any atom is -0.466 e. The molecule has 0 rings (SSSR count). The summed E-state index contributed by atoms with van der Waals surface area (Å²) in [5.74, 6) is -0.0547. The zero-order valence-corrected chi connectivity index (χ0v) is 56.6. The summed E-state index contributed by atoms with van der Waals surface area (Å²) < 4.78 is 5.50. The minimum atomic E-state index is -0.846. The first-order valence-corrected chi connectivity index (χ1v) is 37.9. The predicted molar refractivity (Wildman–Crippen MR) is 370 cm³/mol. The summed E-state index contributed by atoms with van der Waals surface area (Å²) >= 11 is 0. The monoisotopic (exact) mass is 1180 g/mol. The molecule has 0 saturated carbocycles. The van der Waals surface area contributed by atoms with Crippen molar-refractivity contribution in [1.29, 1.82) is 0 Å². The molecule has 84 heavy (non-hydrogen) atoms. The van der Waals surface area contributed by atoms with Gasteiger partial charge in [0.05, 0.1) is 25.4 Å². The van der Waals surface area contributed by atoms with Crippen LogP contribution in [0.1, 0.15) is 412 Å². The molecule has 0 aliphatic heterocycles. The minimum absolute atomic E-state index is 0.00877. The highest BCUT2D eigenvalue weighted by molar-refractivity contribution is 5.76. The van der Waals surface area contributed by atoms with Gasteiger partial charge in [-0.1, -0.05) is 358 Å². The summed E-state index contributed by atoms with van der Waals surface area (Å²) in [4.78, 5) is 24.6. The van der Waals surface area contributed by atoms with Gasteiger partial charge in [-0.15, -0.1) is 0 Å². The number of ether oxygens (including phenoxy) is 1. The number of hydrogen-bond acceptors (Lipinski definition) is 5. The molecule has 0 bridgehead atoms. The van der Waals surface area contributed by atoms with E-state index in [-0.39, 0.29) is 18.5 Å². The topological polar surface area (TPSA) is 95.9 Å². The van der Waals surface area contributed by atoms with Crippen LogP contribution in [0, 0.1) is 0 Å². The average Bonchev–Trinajstić information content (AvgIpc) is 3.51. The Hall–Kier alpha value is -2.18. The molecule has 0 spiro atoms. The Morgan fingerprint density at radius 2 is 0.595 bits per heavy atom. The molecule has 2 unspecified atom stereocenters. The first-order valence-electron chi connectivity index (χ1n) is 37.9. The molecule has 6 heteroatoms. The number of rotatable bonds is 71. The maximum atomic E-state index is 12.5. The van der Waals surface area contributed by atoms with Crippen molar-refractivity contribution in [2.24, 2.45) is 0 Å². The number of aliphatic hydroxyl groups excluding tert-OH is 2. The van der Waals surface area contributed by atoms with Crippen LogP contribution in [0.5, 0.6) is 0 Å². The predicted octanol–water partition coefficient (Wildman–Crippen LogP) is 24.8. The number of hydrogen-bond donors (Lipinski definition) is 3. The standard InChI is InChI=1S/C78H147NO5/c1-3-5-7-9-11-13-15-17-19-21-22-32-35-39-42-46-50-54-58-62-66-70-76(81)75(74-80)79-77(82)71-67-63-59-55-51-47-43-40-36-33-30-28-26-24-23-25-27-29-31-34-37-41-45-49-53-57-61-65-69-73-84-78(83)72-68-64-60-56-52-48-44-38-20-18-16-14-12-10-8-6-4-2/h12,14,18,20,23,25,66,70,75-76,80-81H,3-11,13,15-17,19,21-22,24,26-65,67-69,71-74H2,1-2H3,(H,79,82)/b14-12-,20-18-,25-23-,70-66+. The molecule has 2 atom stereocenters. The molecule has 0 heterocycles. The van der Waals surface area contributed by atoms with E-state index in [1.807, 2.05) is 6.08 Å². The third kappa shape index (κ3) is 68.9. The number of aliphatic hydroxyl groups is 2. The summed E-state index contributed by atoms with van der Waals surface area (Å²) in [6, 6.07) is -0.629. The van der Waals surface area contributed by atoms with Crippen LogP contribution in [0.25, 0.3) is 0 Å². The van der Waals surface area contributed by atoms with Crippen LogP contribution in [0.15, 0.2) is 48.6 Å². The molecule has 494 valence electrons. The van der Waals surface area contributed by atoms with E-state index >= 15 is 0 Å². The fraction of sp³-hybridized carbons (Fsp3) is 0.872. The molecule has 0 aromatic heterocycles. The summed E-state index contributed by atoms with van der Waals surface area (Å²) in [6.07, 6.45) is 96.4. The molecule has 0 aliphatic rings. The molecule has 0 aromatic rings. The maximum absolute atomic E-state index is 12.5. The third-order valence-corrected chi connectivity index (χ3v) is 17.6. The average molecular weight is 1180 g/mol. The second kappa shape index (κ2) is 73.3. The Labute approximate surface area is 525 Å². The highest BCUT2D eigenvalue weighted by Crippen LogP contribution is 2.19. The van der Waals surface area contributed by atoms with Gasteiger partial charge in [0, 0.05) is 12.8 Å². The van der Waals surface area contributed by atoms with Crippen molar-refractivity contribution in [2.75, 3.05) is 13.2 Å². The first kappa shape index (κ1) is 81.8. The van der Waals surface area contributed by atoms with Crippen LogP contribution < -0.4 is 5.32 Å². The van der Waals surface area contributed by atoms with Gasteiger partial charge in [-0.2, -0.15) is 0 Å². The van der Waals surface area contributed by atoms with E-state index in [1.165, 1.54) is 334 Å². The largest absolute Gasteiger partial charge is 0.466 e. The summed E-state index contributed by atoms with van der Waals surface area (Å²) in [5, 5.41) is 23.3. The number of allylic oxidation sites excluding steroid dienone is 7. The Morgan fingerprint density at radius 1 is 0.333 bits per heavy atom. The van der Waals surface area contributed by atoms with Crippen molar-refractivity contribution in [3.8, 4) is 0 Å². The van der Waals surface area contributed by atoms with Gasteiger partial charge in [0.25, 0.3) is 0 Å². The van der Waals surface area contributed by atoms with Crippen molar-refractivity contribution in [1.82, 2.24) is 5.32 Å². The third-order valence-electron chi connectivity index (χ3n) is 17.6. The van der Waals surface area contributed by atoms with Crippen LogP contribution in [0.4, 0.5) is 0 Å². The molecule has 1 amide bonds. The zero-order chi connectivity index (χ0) is 60.6. The lowest BCUT2D eigenvalue weighted by Gasteiger charge is -2.20.